The minimum atomic E-state index is 0.464. The molecule has 2 aromatic rings. The normalized spacial score (nSPS) is 10.3. The molecule has 0 aliphatic carbocycles. The van der Waals surface area contributed by atoms with Crippen LogP contribution in [0.15, 0.2) is 34.9 Å². The first-order valence-corrected chi connectivity index (χ1v) is 6.08. The lowest BCUT2D eigenvalue weighted by Gasteiger charge is -2.08. The zero-order valence-electron chi connectivity index (χ0n) is 9.08. The van der Waals surface area contributed by atoms with Crippen LogP contribution in [0.25, 0.3) is 0 Å². The van der Waals surface area contributed by atoms with Crippen molar-refractivity contribution >= 4 is 33.2 Å². The fourth-order valence-corrected chi connectivity index (χ4v) is 1.99. The van der Waals surface area contributed by atoms with Crippen molar-refractivity contribution in [1.82, 2.24) is 4.98 Å². The molecule has 2 N–H and O–H groups in total. The first-order valence-electron chi connectivity index (χ1n) is 4.91. The Morgan fingerprint density at radius 1 is 1.35 bits per heavy atom. The number of ether oxygens (including phenoxy) is 1. The zero-order chi connectivity index (χ0) is 12.4. The maximum absolute atomic E-state index is 5.91. The van der Waals surface area contributed by atoms with Crippen LogP contribution in [0.4, 0.5) is 5.69 Å². The molecular formula is C12H10BrClN2O. The van der Waals surface area contributed by atoms with Crippen molar-refractivity contribution < 1.29 is 4.74 Å². The van der Waals surface area contributed by atoms with E-state index < -0.39 is 0 Å². The second-order valence-electron chi connectivity index (χ2n) is 3.59. The number of benzene rings is 1. The molecule has 0 amide bonds. The summed E-state index contributed by atoms with van der Waals surface area (Å²) >= 11 is 9.30. The monoisotopic (exact) mass is 312 g/mol. The zero-order valence-corrected chi connectivity index (χ0v) is 11.4. The Labute approximate surface area is 113 Å². The average Bonchev–Trinajstić information content (AvgIpc) is 2.27. The molecule has 0 aliphatic heterocycles. The van der Waals surface area contributed by atoms with Gasteiger partial charge in [-0.3, -0.25) is 0 Å². The second kappa shape index (κ2) is 4.94. The van der Waals surface area contributed by atoms with Crippen LogP contribution in [0.2, 0.25) is 5.02 Å². The molecular weight excluding hydrogens is 304 g/mol. The molecule has 0 aliphatic rings. The topological polar surface area (TPSA) is 48.1 Å². The summed E-state index contributed by atoms with van der Waals surface area (Å²) in [5.41, 5.74) is 7.20. The predicted octanol–water partition coefficient (Wildman–Crippen LogP) is 4.18. The third kappa shape index (κ3) is 2.90. The molecule has 0 fully saturated rings. The molecule has 0 bridgehead atoms. The number of hydrogen-bond acceptors (Lipinski definition) is 3. The number of halogens is 2. The predicted molar refractivity (Wildman–Crippen MR) is 72.6 cm³/mol. The van der Waals surface area contributed by atoms with Crippen molar-refractivity contribution in [2.24, 2.45) is 0 Å². The first kappa shape index (κ1) is 12.2. The van der Waals surface area contributed by atoms with E-state index in [0.29, 0.717) is 22.3 Å². The Bertz CT molecular complexity index is 560. The Hall–Kier alpha value is -1.26. The highest BCUT2D eigenvalue weighted by atomic mass is 79.9. The van der Waals surface area contributed by atoms with Gasteiger partial charge < -0.3 is 10.5 Å². The van der Waals surface area contributed by atoms with E-state index in [-0.39, 0.29) is 0 Å². The lowest BCUT2D eigenvalue weighted by molar-refractivity contribution is 0.459. The van der Waals surface area contributed by atoms with Crippen LogP contribution in [0.1, 0.15) is 5.56 Å². The SMILES string of the molecule is Cc1cnc(Oc2ccc(N)c(Cl)c2)c(Br)c1. The highest BCUT2D eigenvalue weighted by molar-refractivity contribution is 9.10. The highest BCUT2D eigenvalue weighted by Crippen LogP contribution is 2.31. The minimum absolute atomic E-state index is 0.464. The number of aryl methyl sites for hydroxylation is 1. The van der Waals surface area contributed by atoms with Crippen LogP contribution >= 0.6 is 27.5 Å². The Balaban J connectivity index is 2.28. The van der Waals surface area contributed by atoms with Gasteiger partial charge in [0.1, 0.15) is 5.75 Å². The maximum Gasteiger partial charge on any atom is 0.233 e. The Kier molecular flexibility index (Phi) is 3.54. The van der Waals surface area contributed by atoms with Gasteiger partial charge in [0.05, 0.1) is 15.2 Å². The number of hydrogen-bond donors (Lipinski definition) is 1. The molecule has 0 saturated carbocycles. The van der Waals surface area contributed by atoms with E-state index in [4.69, 9.17) is 22.1 Å². The summed E-state index contributed by atoms with van der Waals surface area (Å²) in [4.78, 5) is 4.18. The third-order valence-corrected chi connectivity index (χ3v) is 3.03. The summed E-state index contributed by atoms with van der Waals surface area (Å²) in [5.74, 6) is 1.10. The van der Waals surface area contributed by atoms with Crippen LogP contribution in [-0.2, 0) is 0 Å². The van der Waals surface area contributed by atoms with Gasteiger partial charge in [0.15, 0.2) is 0 Å². The summed E-state index contributed by atoms with van der Waals surface area (Å²) in [5, 5.41) is 0.464. The molecule has 1 aromatic heterocycles. The highest BCUT2D eigenvalue weighted by Gasteiger charge is 2.06. The summed E-state index contributed by atoms with van der Waals surface area (Å²) in [6.45, 7) is 1.96. The molecule has 0 unspecified atom stereocenters. The number of rotatable bonds is 2. The number of pyridine rings is 1. The smallest absolute Gasteiger partial charge is 0.233 e. The van der Waals surface area contributed by atoms with Crippen molar-refractivity contribution in [2.75, 3.05) is 5.73 Å². The number of aromatic nitrogens is 1. The third-order valence-electron chi connectivity index (χ3n) is 2.13. The first-order chi connectivity index (χ1) is 8.06. The van der Waals surface area contributed by atoms with Crippen LogP contribution in [0.3, 0.4) is 0 Å². The fraction of sp³-hybridized carbons (Fsp3) is 0.0833. The van der Waals surface area contributed by atoms with E-state index in [0.717, 1.165) is 10.0 Å². The van der Waals surface area contributed by atoms with Crippen molar-refractivity contribution in [3.8, 4) is 11.6 Å². The summed E-state index contributed by atoms with van der Waals surface area (Å²) in [7, 11) is 0. The molecule has 0 spiro atoms. The fourth-order valence-electron chi connectivity index (χ4n) is 1.28. The van der Waals surface area contributed by atoms with Crippen LogP contribution < -0.4 is 10.5 Å². The summed E-state index contributed by atoms with van der Waals surface area (Å²) < 4.78 is 6.40. The minimum Gasteiger partial charge on any atom is -0.438 e. The van der Waals surface area contributed by atoms with Crippen molar-refractivity contribution in [3.05, 3.63) is 45.5 Å². The molecule has 88 valence electrons. The van der Waals surface area contributed by atoms with Crippen molar-refractivity contribution in [1.29, 1.82) is 0 Å². The maximum atomic E-state index is 5.91. The van der Waals surface area contributed by atoms with Gasteiger partial charge in [0.2, 0.25) is 5.88 Å². The van der Waals surface area contributed by atoms with Gasteiger partial charge in [-0.1, -0.05) is 11.6 Å². The lowest BCUT2D eigenvalue weighted by atomic mass is 10.3. The molecule has 1 aromatic carbocycles. The van der Waals surface area contributed by atoms with Gasteiger partial charge in [-0.05, 0) is 46.6 Å². The second-order valence-corrected chi connectivity index (χ2v) is 4.85. The van der Waals surface area contributed by atoms with E-state index >= 15 is 0 Å². The largest absolute Gasteiger partial charge is 0.438 e. The molecule has 0 saturated heterocycles. The van der Waals surface area contributed by atoms with Gasteiger partial charge in [-0.2, -0.15) is 0 Å². The lowest BCUT2D eigenvalue weighted by Crippen LogP contribution is -1.91. The van der Waals surface area contributed by atoms with E-state index in [1.54, 1.807) is 24.4 Å². The summed E-state index contributed by atoms with van der Waals surface area (Å²) in [6, 6.07) is 7.03. The van der Waals surface area contributed by atoms with Gasteiger partial charge in [-0.25, -0.2) is 4.98 Å². The molecule has 1 heterocycles. The number of nitrogens with two attached hydrogens (primary N) is 1. The number of nitrogen functional groups attached to an aromatic ring is 1. The molecule has 3 nitrogen and oxygen atoms in total. The van der Waals surface area contributed by atoms with E-state index in [1.165, 1.54) is 0 Å². The van der Waals surface area contributed by atoms with Crippen LogP contribution in [0, 0.1) is 6.92 Å². The standard InChI is InChI=1S/C12H10BrClN2O/c1-7-4-9(13)12(16-6-7)17-8-2-3-11(15)10(14)5-8/h2-6H,15H2,1H3. The van der Waals surface area contributed by atoms with Crippen LogP contribution in [0.5, 0.6) is 11.6 Å². The summed E-state index contributed by atoms with van der Waals surface area (Å²) in [6.07, 6.45) is 1.74. The van der Waals surface area contributed by atoms with Crippen molar-refractivity contribution in [3.63, 3.8) is 0 Å². The van der Waals surface area contributed by atoms with Crippen LogP contribution in [-0.4, -0.2) is 4.98 Å². The quantitative estimate of drug-likeness (QED) is 0.846. The van der Waals surface area contributed by atoms with Crippen molar-refractivity contribution in [2.45, 2.75) is 6.92 Å². The van der Waals surface area contributed by atoms with Gasteiger partial charge >= 0.3 is 0 Å². The Morgan fingerprint density at radius 2 is 2.12 bits per heavy atom. The number of nitrogens with zero attached hydrogens (tertiary/aromatic N) is 1. The van der Waals surface area contributed by atoms with E-state index in [1.807, 2.05) is 13.0 Å². The van der Waals surface area contributed by atoms with Gasteiger partial charge in [-0.15, -0.1) is 0 Å². The van der Waals surface area contributed by atoms with Gasteiger partial charge in [0, 0.05) is 12.3 Å². The molecule has 0 atom stereocenters. The van der Waals surface area contributed by atoms with E-state index in [9.17, 15) is 0 Å². The van der Waals surface area contributed by atoms with Gasteiger partial charge in [0.25, 0.3) is 0 Å². The molecule has 0 radical (unpaired) electrons. The molecule has 5 heteroatoms. The molecule has 17 heavy (non-hydrogen) atoms. The van der Waals surface area contributed by atoms with E-state index in [2.05, 4.69) is 20.9 Å². The Morgan fingerprint density at radius 3 is 2.76 bits per heavy atom. The molecule has 2 rings (SSSR count). The average molecular weight is 314 g/mol. The number of anilines is 1.